The molecule has 0 amide bonds. The Bertz CT molecular complexity index is 1900. The molecule has 10 heteroatoms. The molecule has 10 nitrogen and oxygen atoms in total. The largest absolute Gasteiger partial charge is 0.481 e. The lowest BCUT2D eigenvalue weighted by atomic mass is 9.76. The van der Waals surface area contributed by atoms with Gasteiger partial charge in [0.2, 0.25) is 5.79 Å². The molecule has 1 aliphatic heterocycles. The van der Waals surface area contributed by atoms with E-state index in [2.05, 4.69) is 0 Å². The van der Waals surface area contributed by atoms with Crippen molar-refractivity contribution in [2.24, 2.45) is 11.8 Å². The zero-order valence-electron chi connectivity index (χ0n) is 25.5. The van der Waals surface area contributed by atoms with Gasteiger partial charge in [0.1, 0.15) is 11.5 Å². The van der Waals surface area contributed by atoms with E-state index in [-0.39, 0.29) is 46.3 Å². The van der Waals surface area contributed by atoms with Gasteiger partial charge in [-0.15, -0.1) is 0 Å². The molecule has 4 aromatic carbocycles. The SMILES string of the molecule is O=C(O)CC1CC2CC=C(OC(=O)c3ccccc3)C=C2OC1(O)c1ccc(OC(=O)c2ccccc2)c(OC(=O)c2ccccc2)c1. The average Bonchev–Trinajstić information content (AvgIpc) is 3.10. The highest BCUT2D eigenvalue weighted by atomic mass is 16.6. The maximum Gasteiger partial charge on any atom is 0.343 e. The summed E-state index contributed by atoms with van der Waals surface area (Å²) in [6.07, 6.45) is 3.38. The predicted molar refractivity (Wildman–Crippen MR) is 171 cm³/mol. The van der Waals surface area contributed by atoms with Crippen LogP contribution in [0.5, 0.6) is 11.5 Å². The second-order valence-corrected chi connectivity index (χ2v) is 11.3. The van der Waals surface area contributed by atoms with Gasteiger partial charge in [-0.25, -0.2) is 14.4 Å². The van der Waals surface area contributed by atoms with Crippen molar-refractivity contribution >= 4 is 23.9 Å². The van der Waals surface area contributed by atoms with Crippen molar-refractivity contribution in [3.05, 3.63) is 155 Å². The molecule has 0 aromatic heterocycles. The molecule has 0 radical (unpaired) electrons. The van der Waals surface area contributed by atoms with Gasteiger partial charge >= 0.3 is 23.9 Å². The number of ether oxygens (including phenoxy) is 4. The summed E-state index contributed by atoms with van der Waals surface area (Å²) in [6.45, 7) is 0. The van der Waals surface area contributed by atoms with Crippen LogP contribution < -0.4 is 9.47 Å². The van der Waals surface area contributed by atoms with Crippen LogP contribution in [-0.2, 0) is 20.1 Å². The van der Waals surface area contributed by atoms with Gasteiger partial charge in [0.15, 0.2) is 11.5 Å². The van der Waals surface area contributed by atoms with Crippen LogP contribution in [0.1, 0.15) is 55.9 Å². The normalized spacial score (nSPS) is 19.8. The number of aliphatic carboxylic acids is 1. The molecule has 1 aliphatic carbocycles. The lowest BCUT2D eigenvalue weighted by Crippen LogP contribution is -2.45. The van der Waals surface area contributed by atoms with Gasteiger partial charge < -0.3 is 29.2 Å². The molecule has 6 rings (SSSR count). The number of rotatable bonds is 9. The van der Waals surface area contributed by atoms with Gasteiger partial charge in [0.25, 0.3) is 0 Å². The zero-order valence-corrected chi connectivity index (χ0v) is 25.5. The molecule has 0 bridgehead atoms. The second kappa shape index (κ2) is 13.8. The molecule has 242 valence electrons. The average molecular weight is 647 g/mol. The van der Waals surface area contributed by atoms with Crippen molar-refractivity contribution in [1.29, 1.82) is 0 Å². The maximum absolute atomic E-state index is 13.1. The third-order valence-electron chi connectivity index (χ3n) is 8.11. The summed E-state index contributed by atoms with van der Waals surface area (Å²) in [5.74, 6) is -6.44. The highest BCUT2D eigenvalue weighted by Gasteiger charge is 2.49. The Kier molecular flexibility index (Phi) is 9.17. The first-order chi connectivity index (χ1) is 23.2. The van der Waals surface area contributed by atoms with Crippen molar-refractivity contribution in [1.82, 2.24) is 0 Å². The predicted octanol–water partition coefficient (Wildman–Crippen LogP) is 6.43. The Labute approximate surface area is 275 Å². The summed E-state index contributed by atoms with van der Waals surface area (Å²) in [7, 11) is 0. The number of carbonyl (C=O) groups is 4. The zero-order chi connectivity index (χ0) is 33.7. The third-order valence-corrected chi connectivity index (χ3v) is 8.11. The quantitative estimate of drug-likeness (QED) is 0.154. The van der Waals surface area contributed by atoms with E-state index < -0.39 is 42.0 Å². The fourth-order valence-electron chi connectivity index (χ4n) is 5.68. The van der Waals surface area contributed by atoms with Crippen LogP contribution in [0.2, 0.25) is 0 Å². The number of carbonyl (C=O) groups excluding carboxylic acids is 3. The number of allylic oxidation sites excluding steroid dienone is 3. The number of esters is 3. The van der Waals surface area contributed by atoms with Gasteiger partial charge in [-0.3, -0.25) is 4.79 Å². The molecular formula is C38H30O10. The van der Waals surface area contributed by atoms with Gasteiger partial charge in [0, 0.05) is 23.5 Å². The van der Waals surface area contributed by atoms with Crippen LogP contribution in [0.4, 0.5) is 0 Å². The Hall–Kier alpha value is -6.00. The highest BCUT2D eigenvalue weighted by Crippen LogP contribution is 2.49. The van der Waals surface area contributed by atoms with Gasteiger partial charge in [-0.2, -0.15) is 0 Å². The van der Waals surface area contributed by atoms with Crippen molar-refractivity contribution in [2.75, 3.05) is 0 Å². The van der Waals surface area contributed by atoms with Crippen LogP contribution in [0, 0.1) is 11.8 Å². The maximum atomic E-state index is 13.1. The third kappa shape index (κ3) is 7.03. The minimum Gasteiger partial charge on any atom is -0.481 e. The molecule has 2 N–H and O–H groups in total. The lowest BCUT2D eigenvalue weighted by Gasteiger charge is -2.45. The molecule has 3 unspecified atom stereocenters. The molecule has 2 aliphatic rings. The van der Waals surface area contributed by atoms with E-state index in [0.717, 1.165) is 0 Å². The van der Waals surface area contributed by atoms with Crippen LogP contribution in [0.15, 0.2) is 133 Å². The Morgan fingerprint density at radius 3 is 1.77 bits per heavy atom. The molecule has 0 spiro atoms. The van der Waals surface area contributed by atoms with Crippen molar-refractivity contribution in [3.8, 4) is 11.5 Å². The fraction of sp³-hybridized carbons (Fsp3) is 0.158. The van der Waals surface area contributed by atoms with E-state index in [9.17, 15) is 29.4 Å². The molecule has 3 atom stereocenters. The summed E-state index contributed by atoms with van der Waals surface area (Å²) >= 11 is 0. The molecule has 1 heterocycles. The number of fused-ring (bicyclic) bond motifs is 1. The van der Waals surface area contributed by atoms with Gasteiger partial charge in [-0.05, 0) is 73.5 Å². The fourth-order valence-corrected chi connectivity index (χ4v) is 5.68. The van der Waals surface area contributed by atoms with E-state index in [1.165, 1.54) is 24.3 Å². The number of hydrogen-bond donors (Lipinski definition) is 2. The summed E-state index contributed by atoms with van der Waals surface area (Å²) in [5.41, 5.74) is 0.886. The summed E-state index contributed by atoms with van der Waals surface area (Å²) in [4.78, 5) is 50.7. The van der Waals surface area contributed by atoms with Crippen LogP contribution in [0.3, 0.4) is 0 Å². The first-order valence-corrected chi connectivity index (χ1v) is 15.2. The van der Waals surface area contributed by atoms with Crippen molar-refractivity contribution < 1.29 is 48.3 Å². The van der Waals surface area contributed by atoms with E-state index in [1.807, 2.05) is 0 Å². The first kappa shape index (κ1) is 32.0. The molecular weight excluding hydrogens is 616 g/mol. The molecule has 1 saturated heterocycles. The monoisotopic (exact) mass is 646 g/mol. The van der Waals surface area contributed by atoms with Crippen LogP contribution in [-0.4, -0.2) is 34.1 Å². The summed E-state index contributed by atoms with van der Waals surface area (Å²) in [5, 5.41) is 21.9. The Morgan fingerprint density at radius 1 is 0.708 bits per heavy atom. The topological polar surface area (TPSA) is 146 Å². The summed E-state index contributed by atoms with van der Waals surface area (Å²) < 4.78 is 23.1. The van der Waals surface area contributed by atoms with Crippen LogP contribution in [0.25, 0.3) is 0 Å². The van der Waals surface area contributed by atoms with E-state index in [1.54, 1.807) is 97.1 Å². The molecule has 48 heavy (non-hydrogen) atoms. The molecule has 1 fully saturated rings. The Morgan fingerprint density at radius 2 is 1.23 bits per heavy atom. The highest BCUT2D eigenvalue weighted by molar-refractivity contribution is 5.93. The second-order valence-electron chi connectivity index (χ2n) is 11.3. The molecule has 0 saturated carbocycles. The van der Waals surface area contributed by atoms with Crippen LogP contribution >= 0.6 is 0 Å². The standard InChI is InChI=1S/C38H30O10/c39-34(40)22-29-20-27-16-18-30(45-35(41)24-10-4-1-5-11-24)23-32(27)48-38(29,44)28-17-19-31(46-36(42)25-12-6-2-7-13-25)33(21-28)47-37(43)26-14-8-3-9-15-26/h1-15,17-19,21,23,27,29,44H,16,20,22H2,(H,39,40). The molecule has 4 aromatic rings. The number of benzene rings is 4. The number of carboxylic acid groups (broad SMARTS) is 1. The minimum absolute atomic E-state index is 0.0563. The summed E-state index contributed by atoms with van der Waals surface area (Å²) in [6, 6.07) is 28.9. The van der Waals surface area contributed by atoms with Gasteiger partial charge in [-0.1, -0.05) is 54.6 Å². The van der Waals surface area contributed by atoms with E-state index in [0.29, 0.717) is 17.7 Å². The van der Waals surface area contributed by atoms with Gasteiger partial charge in [0.05, 0.1) is 23.1 Å². The first-order valence-electron chi connectivity index (χ1n) is 15.2. The minimum atomic E-state index is -2.22. The number of hydrogen-bond acceptors (Lipinski definition) is 9. The van der Waals surface area contributed by atoms with Crippen molar-refractivity contribution in [2.45, 2.75) is 25.0 Å². The van der Waals surface area contributed by atoms with Crippen molar-refractivity contribution in [3.63, 3.8) is 0 Å². The smallest absolute Gasteiger partial charge is 0.343 e. The van der Waals surface area contributed by atoms with E-state index in [4.69, 9.17) is 18.9 Å². The number of aliphatic hydroxyl groups is 1. The Balaban J connectivity index is 1.34. The number of carboxylic acids is 1. The van der Waals surface area contributed by atoms with E-state index >= 15 is 0 Å². The lowest BCUT2D eigenvalue weighted by molar-refractivity contribution is -0.253.